The molecule has 0 aliphatic heterocycles. The first-order chi connectivity index (χ1) is 7.36. The quantitative estimate of drug-likeness (QED) is 0.661. The van der Waals surface area contributed by atoms with Crippen molar-refractivity contribution in [2.75, 3.05) is 0 Å². The molecule has 15 heavy (non-hydrogen) atoms. The van der Waals surface area contributed by atoms with E-state index in [0.29, 0.717) is 5.54 Å². The van der Waals surface area contributed by atoms with Crippen molar-refractivity contribution < 1.29 is 4.42 Å². The summed E-state index contributed by atoms with van der Waals surface area (Å²) in [6.07, 6.45) is 4.00. The van der Waals surface area contributed by atoms with Crippen LogP contribution in [-0.4, -0.2) is 10.2 Å². The van der Waals surface area contributed by atoms with Crippen LogP contribution >= 0.6 is 0 Å². The lowest BCUT2D eigenvalue weighted by atomic mass is 10.1. The van der Waals surface area contributed by atoms with E-state index in [4.69, 9.17) is 4.42 Å². The topological polar surface area (TPSA) is 13.1 Å². The van der Waals surface area contributed by atoms with E-state index in [-0.39, 0.29) is 0 Å². The van der Waals surface area contributed by atoms with Crippen molar-refractivity contribution in [1.29, 1.82) is 0 Å². The predicted octanol–water partition coefficient (Wildman–Crippen LogP) is 2.24. The Morgan fingerprint density at radius 2 is 1.93 bits per heavy atom. The molecule has 0 saturated carbocycles. The number of furan rings is 1. The first kappa shape index (κ1) is 8.74. The number of rotatable bonds is 1. The Bertz CT molecular complexity index is 511. The molecular weight excluding hydrogens is 200 g/mol. The Hall–Kier alpha value is -1.54. The van der Waals surface area contributed by atoms with Gasteiger partial charge in [-0.05, 0) is 40.4 Å². The van der Waals surface area contributed by atoms with Gasteiger partial charge in [-0.2, -0.15) is 0 Å². The highest BCUT2D eigenvalue weighted by atomic mass is 28.1. The highest BCUT2D eigenvalue weighted by molar-refractivity contribution is 6.22. The molecule has 1 aromatic heterocycles. The van der Waals surface area contributed by atoms with E-state index in [1.807, 2.05) is 12.1 Å². The van der Waals surface area contributed by atoms with Crippen molar-refractivity contribution in [3.63, 3.8) is 0 Å². The van der Waals surface area contributed by atoms with Gasteiger partial charge in [0, 0.05) is 10.2 Å². The number of allylic oxidation sites excluding steroid dienone is 1. The molecule has 2 aromatic rings. The zero-order chi connectivity index (χ0) is 10.3. The number of benzene rings is 1. The zero-order valence-corrected chi connectivity index (χ0v) is 10.6. The molecule has 0 N–H and O–H groups in total. The van der Waals surface area contributed by atoms with Crippen molar-refractivity contribution in [1.82, 2.24) is 0 Å². The van der Waals surface area contributed by atoms with Gasteiger partial charge in [-0.25, -0.2) is 0 Å². The Balaban J connectivity index is 2.11. The Kier molecular flexibility index (Phi) is 1.89. The molecule has 2 heteroatoms. The van der Waals surface area contributed by atoms with Crippen LogP contribution in [0.15, 0.2) is 47.1 Å². The first-order valence-electron chi connectivity index (χ1n) is 5.20. The number of hydrogen-bond acceptors (Lipinski definition) is 1. The summed E-state index contributed by atoms with van der Waals surface area (Å²) >= 11 is 0. The van der Waals surface area contributed by atoms with E-state index < -0.39 is 0 Å². The van der Waals surface area contributed by atoms with Crippen LogP contribution in [0.4, 0.5) is 0 Å². The Morgan fingerprint density at radius 3 is 2.67 bits per heavy atom. The molecule has 0 spiro atoms. The van der Waals surface area contributed by atoms with E-state index >= 15 is 0 Å². The summed E-state index contributed by atoms with van der Waals surface area (Å²) in [4.78, 5) is 0. The van der Waals surface area contributed by atoms with Crippen LogP contribution in [-0.2, 0) is 0 Å². The van der Waals surface area contributed by atoms with Gasteiger partial charge in [0.1, 0.15) is 5.76 Å². The van der Waals surface area contributed by atoms with Crippen LogP contribution in [0.1, 0.15) is 22.4 Å². The molecule has 1 nitrogen and oxygen atoms in total. The standard InChI is InChI=1S/C13H12OSi/c15-13-10-5-2-1-4-9(10)8-11(13)12-6-3-7-14-12/h1-8,13H,15H3. The van der Waals surface area contributed by atoms with Crippen molar-refractivity contribution >= 4 is 21.9 Å². The summed E-state index contributed by atoms with van der Waals surface area (Å²) in [7, 11) is 1.13. The van der Waals surface area contributed by atoms with Crippen molar-refractivity contribution in [2.45, 2.75) is 5.54 Å². The third-order valence-electron chi connectivity index (χ3n) is 3.05. The summed E-state index contributed by atoms with van der Waals surface area (Å²) in [5, 5.41) is 0. The molecule has 1 aliphatic rings. The van der Waals surface area contributed by atoms with Gasteiger partial charge in [0.25, 0.3) is 0 Å². The Morgan fingerprint density at radius 1 is 1.07 bits per heavy atom. The SMILES string of the molecule is [SiH3]C1C(c2ccco2)=Cc2ccccc21. The van der Waals surface area contributed by atoms with Gasteiger partial charge in [-0.3, -0.25) is 0 Å². The van der Waals surface area contributed by atoms with Crippen LogP contribution in [0.25, 0.3) is 11.6 Å². The summed E-state index contributed by atoms with van der Waals surface area (Å²) < 4.78 is 5.47. The highest BCUT2D eigenvalue weighted by Crippen LogP contribution is 2.39. The molecule has 1 aromatic carbocycles. The molecule has 0 saturated heterocycles. The van der Waals surface area contributed by atoms with Gasteiger partial charge in [0.15, 0.2) is 0 Å². The molecule has 1 heterocycles. The number of fused-ring (bicyclic) bond motifs is 1. The maximum absolute atomic E-state index is 5.47. The fourth-order valence-electron chi connectivity index (χ4n) is 2.22. The lowest BCUT2D eigenvalue weighted by Gasteiger charge is -2.08. The van der Waals surface area contributed by atoms with Crippen molar-refractivity contribution in [3.8, 4) is 0 Å². The zero-order valence-electron chi connectivity index (χ0n) is 8.60. The maximum atomic E-state index is 5.47. The molecule has 0 amide bonds. The van der Waals surface area contributed by atoms with E-state index in [0.717, 1.165) is 16.0 Å². The highest BCUT2D eigenvalue weighted by Gasteiger charge is 2.22. The van der Waals surface area contributed by atoms with Gasteiger partial charge in [-0.1, -0.05) is 24.3 Å². The molecule has 0 radical (unpaired) electrons. The third kappa shape index (κ3) is 1.29. The van der Waals surface area contributed by atoms with Gasteiger partial charge < -0.3 is 4.42 Å². The van der Waals surface area contributed by atoms with Gasteiger partial charge in [0.2, 0.25) is 0 Å². The molecule has 0 bridgehead atoms. The molecule has 1 unspecified atom stereocenters. The second kappa shape index (κ2) is 3.24. The average molecular weight is 212 g/mol. The van der Waals surface area contributed by atoms with Crippen LogP contribution in [0, 0.1) is 0 Å². The van der Waals surface area contributed by atoms with Crippen LogP contribution < -0.4 is 0 Å². The maximum Gasteiger partial charge on any atom is 0.130 e. The Labute approximate surface area is 91.9 Å². The van der Waals surface area contributed by atoms with E-state index in [1.54, 1.807) is 6.26 Å². The fraction of sp³-hybridized carbons (Fsp3) is 0.0769. The monoisotopic (exact) mass is 212 g/mol. The summed E-state index contributed by atoms with van der Waals surface area (Å²) in [5.41, 5.74) is 4.72. The average Bonchev–Trinajstić information content (AvgIpc) is 2.87. The summed E-state index contributed by atoms with van der Waals surface area (Å²) in [6, 6.07) is 12.6. The summed E-state index contributed by atoms with van der Waals surface area (Å²) in [6.45, 7) is 0. The number of hydrogen-bond donors (Lipinski definition) is 0. The first-order valence-corrected chi connectivity index (χ1v) is 6.36. The lowest BCUT2D eigenvalue weighted by molar-refractivity contribution is 0.551. The fourth-order valence-corrected chi connectivity index (χ4v) is 3.20. The normalized spacial score (nSPS) is 18.9. The molecule has 74 valence electrons. The molecule has 0 fully saturated rings. The second-order valence-corrected chi connectivity index (χ2v) is 5.08. The second-order valence-electron chi connectivity index (χ2n) is 3.93. The van der Waals surface area contributed by atoms with Crippen molar-refractivity contribution in [3.05, 3.63) is 59.5 Å². The smallest absolute Gasteiger partial charge is 0.130 e. The van der Waals surface area contributed by atoms with Crippen LogP contribution in [0.5, 0.6) is 0 Å². The van der Waals surface area contributed by atoms with Crippen LogP contribution in [0.3, 0.4) is 0 Å². The minimum absolute atomic E-state index is 0.576. The third-order valence-corrected chi connectivity index (χ3v) is 4.29. The summed E-state index contributed by atoms with van der Waals surface area (Å²) in [5.74, 6) is 1.02. The lowest BCUT2D eigenvalue weighted by Crippen LogP contribution is -1.96. The van der Waals surface area contributed by atoms with Gasteiger partial charge in [-0.15, -0.1) is 0 Å². The molecule has 1 atom stereocenters. The van der Waals surface area contributed by atoms with E-state index in [1.165, 1.54) is 16.7 Å². The van der Waals surface area contributed by atoms with Crippen LogP contribution in [0.2, 0.25) is 0 Å². The van der Waals surface area contributed by atoms with Crippen molar-refractivity contribution in [2.24, 2.45) is 0 Å². The van der Waals surface area contributed by atoms with Gasteiger partial charge >= 0.3 is 0 Å². The molecular formula is C13H12OSi. The van der Waals surface area contributed by atoms with Gasteiger partial charge in [0.05, 0.1) is 6.26 Å². The van der Waals surface area contributed by atoms with E-state index in [9.17, 15) is 0 Å². The molecule has 3 rings (SSSR count). The largest absolute Gasteiger partial charge is 0.465 e. The van der Waals surface area contributed by atoms with E-state index in [2.05, 4.69) is 30.3 Å². The predicted molar refractivity (Wildman–Crippen MR) is 65.7 cm³/mol. The minimum Gasteiger partial charge on any atom is -0.465 e. The molecule has 1 aliphatic carbocycles. The minimum atomic E-state index is 0.576.